The molecule has 0 N–H and O–H groups in total. The Morgan fingerprint density at radius 3 is 2.32 bits per heavy atom. The van der Waals surface area contributed by atoms with E-state index in [9.17, 15) is 9.59 Å². The quantitative estimate of drug-likeness (QED) is 0.361. The minimum absolute atomic E-state index is 0.0153. The lowest BCUT2D eigenvalue weighted by Gasteiger charge is -2.16. The number of carbonyl (C=O) groups is 2. The van der Waals surface area contributed by atoms with Crippen LogP contribution in [0.15, 0.2) is 84.4 Å². The second kappa shape index (κ2) is 9.53. The maximum absolute atomic E-state index is 12.7. The van der Waals surface area contributed by atoms with Crippen LogP contribution in [-0.2, 0) is 11.3 Å². The second-order valence-electron chi connectivity index (χ2n) is 7.30. The number of thiophene rings is 1. The van der Waals surface area contributed by atoms with E-state index in [1.54, 1.807) is 35.4 Å². The van der Waals surface area contributed by atoms with Crippen molar-refractivity contribution in [1.82, 2.24) is 14.7 Å². The standard InChI is InChI=1S/C25H23N3O2S/c1-27(24(30)15-14-22(29)19-9-4-2-5-10-19)17-20-18-28(21-11-6-3-7-12-21)26-25(20)23-13-8-16-31-23/h2-13,16,18H,14-15,17H2,1H3. The molecule has 0 bridgehead atoms. The molecule has 0 unspecified atom stereocenters. The molecule has 0 radical (unpaired) electrons. The van der Waals surface area contributed by atoms with E-state index in [4.69, 9.17) is 5.10 Å². The lowest BCUT2D eigenvalue weighted by Crippen LogP contribution is -2.26. The molecule has 0 saturated heterocycles. The van der Waals surface area contributed by atoms with Gasteiger partial charge in [0.25, 0.3) is 0 Å². The molecule has 0 fully saturated rings. The van der Waals surface area contributed by atoms with E-state index in [-0.39, 0.29) is 24.5 Å². The Labute approximate surface area is 185 Å². The fraction of sp³-hybridized carbons (Fsp3) is 0.160. The predicted molar refractivity (Wildman–Crippen MR) is 123 cm³/mol. The maximum Gasteiger partial charge on any atom is 0.223 e. The SMILES string of the molecule is CN(Cc1cn(-c2ccccc2)nc1-c1cccs1)C(=O)CCC(=O)c1ccccc1. The molecule has 6 heteroatoms. The molecule has 1 amide bonds. The molecule has 2 heterocycles. The number of carbonyl (C=O) groups excluding carboxylic acids is 2. The molecule has 0 atom stereocenters. The molecule has 4 rings (SSSR count). The molecule has 2 aromatic heterocycles. The topological polar surface area (TPSA) is 55.2 Å². The van der Waals surface area contributed by atoms with Gasteiger partial charge < -0.3 is 4.90 Å². The summed E-state index contributed by atoms with van der Waals surface area (Å²) in [6.07, 6.45) is 2.36. The van der Waals surface area contributed by atoms with E-state index < -0.39 is 0 Å². The van der Waals surface area contributed by atoms with Crippen molar-refractivity contribution in [3.05, 3.63) is 95.5 Å². The van der Waals surface area contributed by atoms with Crippen molar-refractivity contribution in [1.29, 1.82) is 0 Å². The van der Waals surface area contributed by atoms with Gasteiger partial charge in [-0.3, -0.25) is 9.59 Å². The maximum atomic E-state index is 12.7. The van der Waals surface area contributed by atoms with Crippen molar-refractivity contribution in [2.75, 3.05) is 7.05 Å². The van der Waals surface area contributed by atoms with Crippen LogP contribution in [0.2, 0.25) is 0 Å². The van der Waals surface area contributed by atoms with Gasteiger partial charge in [0.15, 0.2) is 5.78 Å². The van der Waals surface area contributed by atoms with E-state index in [1.165, 1.54) is 0 Å². The van der Waals surface area contributed by atoms with E-state index >= 15 is 0 Å². The van der Waals surface area contributed by atoms with Gasteiger partial charge in [0.2, 0.25) is 5.91 Å². The first-order chi connectivity index (χ1) is 15.1. The minimum Gasteiger partial charge on any atom is -0.341 e. The number of rotatable bonds is 8. The van der Waals surface area contributed by atoms with E-state index in [0.717, 1.165) is 21.8 Å². The molecule has 2 aromatic carbocycles. The third-order valence-corrected chi connectivity index (χ3v) is 5.94. The summed E-state index contributed by atoms with van der Waals surface area (Å²) in [4.78, 5) is 27.8. The molecule has 0 aliphatic rings. The first kappa shape index (κ1) is 20.8. The molecule has 0 saturated carbocycles. The van der Waals surface area contributed by atoms with Crippen molar-refractivity contribution >= 4 is 23.0 Å². The number of ketones is 1. The van der Waals surface area contributed by atoms with Gasteiger partial charge in [-0.05, 0) is 23.6 Å². The summed E-state index contributed by atoms with van der Waals surface area (Å²) in [5, 5.41) is 6.80. The smallest absolute Gasteiger partial charge is 0.223 e. The van der Waals surface area contributed by atoms with Crippen molar-refractivity contribution in [2.24, 2.45) is 0 Å². The Morgan fingerprint density at radius 2 is 1.65 bits per heavy atom. The van der Waals surface area contributed by atoms with Crippen LogP contribution >= 0.6 is 11.3 Å². The number of amides is 1. The summed E-state index contributed by atoms with van der Waals surface area (Å²) in [5.74, 6) is -0.0765. The molecule has 5 nitrogen and oxygen atoms in total. The Morgan fingerprint density at radius 1 is 0.935 bits per heavy atom. The molecule has 0 aliphatic heterocycles. The highest BCUT2D eigenvalue weighted by Gasteiger charge is 2.18. The van der Waals surface area contributed by atoms with Crippen LogP contribution in [0.4, 0.5) is 0 Å². The molecule has 0 aliphatic carbocycles. The van der Waals surface area contributed by atoms with Gasteiger partial charge in [0, 0.05) is 43.8 Å². The number of hydrogen-bond acceptors (Lipinski definition) is 4. The van der Waals surface area contributed by atoms with Crippen molar-refractivity contribution in [2.45, 2.75) is 19.4 Å². The summed E-state index contributed by atoms with van der Waals surface area (Å²) >= 11 is 1.62. The Kier molecular flexibility index (Phi) is 6.38. The van der Waals surface area contributed by atoms with Gasteiger partial charge in [-0.15, -0.1) is 11.3 Å². The highest BCUT2D eigenvalue weighted by Crippen LogP contribution is 2.28. The second-order valence-corrected chi connectivity index (χ2v) is 8.25. The highest BCUT2D eigenvalue weighted by atomic mass is 32.1. The number of aromatic nitrogens is 2. The first-order valence-electron chi connectivity index (χ1n) is 10.1. The average molecular weight is 430 g/mol. The highest BCUT2D eigenvalue weighted by molar-refractivity contribution is 7.13. The summed E-state index contributed by atoms with van der Waals surface area (Å²) < 4.78 is 1.85. The molecule has 4 aromatic rings. The number of Topliss-reactive ketones (excluding diaryl/α,β-unsaturated/α-hetero) is 1. The Hall–Kier alpha value is -3.51. The first-order valence-corrected chi connectivity index (χ1v) is 11.0. The number of nitrogens with zero attached hydrogens (tertiary/aromatic N) is 3. The molecule has 0 spiro atoms. The van der Waals surface area contributed by atoms with Crippen LogP contribution in [0.3, 0.4) is 0 Å². The fourth-order valence-corrected chi connectivity index (χ4v) is 4.13. The van der Waals surface area contributed by atoms with Crippen LogP contribution in [0.25, 0.3) is 16.3 Å². The van der Waals surface area contributed by atoms with Crippen LogP contribution in [0.5, 0.6) is 0 Å². The van der Waals surface area contributed by atoms with Crippen molar-refractivity contribution in [3.8, 4) is 16.3 Å². The van der Waals surface area contributed by atoms with Crippen molar-refractivity contribution < 1.29 is 9.59 Å². The molecule has 156 valence electrons. The summed E-state index contributed by atoms with van der Waals surface area (Å²) in [6, 6.07) is 23.0. The summed E-state index contributed by atoms with van der Waals surface area (Å²) in [6.45, 7) is 0.429. The van der Waals surface area contributed by atoms with Crippen LogP contribution in [0, 0.1) is 0 Å². The normalized spacial score (nSPS) is 10.7. The molecular formula is C25H23N3O2S. The zero-order chi connectivity index (χ0) is 21.6. The van der Waals surface area contributed by atoms with Crippen LogP contribution in [0.1, 0.15) is 28.8 Å². The molecule has 31 heavy (non-hydrogen) atoms. The lowest BCUT2D eigenvalue weighted by atomic mass is 10.1. The third-order valence-electron chi connectivity index (χ3n) is 5.06. The largest absolute Gasteiger partial charge is 0.341 e. The Bertz CT molecular complexity index is 1150. The van der Waals surface area contributed by atoms with Gasteiger partial charge >= 0.3 is 0 Å². The number of para-hydroxylation sites is 1. The van der Waals surface area contributed by atoms with Gasteiger partial charge in [-0.25, -0.2) is 4.68 Å². The molecular weight excluding hydrogens is 406 g/mol. The third kappa shape index (κ3) is 4.98. The number of benzene rings is 2. The van der Waals surface area contributed by atoms with Gasteiger partial charge in [-0.1, -0.05) is 54.6 Å². The summed E-state index contributed by atoms with van der Waals surface area (Å²) in [5.41, 5.74) is 3.45. The monoisotopic (exact) mass is 429 g/mol. The zero-order valence-electron chi connectivity index (χ0n) is 17.3. The zero-order valence-corrected chi connectivity index (χ0v) is 18.1. The van der Waals surface area contributed by atoms with E-state index in [0.29, 0.717) is 12.1 Å². The van der Waals surface area contributed by atoms with Gasteiger partial charge in [0.1, 0.15) is 5.69 Å². The summed E-state index contributed by atoms with van der Waals surface area (Å²) in [7, 11) is 1.77. The van der Waals surface area contributed by atoms with Crippen molar-refractivity contribution in [3.63, 3.8) is 0 Å². The average Bonchev–Trinajstić information content (AvgIpc) is 3.48. The van der Waals surface area contributed by atoms with Gasteiger partial charge in [-0.2, -0.15) is 5.10 Å². The van der Waals surface area contributed by atoms with Crippen LogP contribution < -0.4 is 0 Å². The number of hydrogen-bond donors (Lipinski definition) is 0. The van der Waals surface area contributed by atoms with Crippen LogP contribution in [-0.4, -0.2) is 33.4 Å². The fourth-order valence-electron chi connectivity index (χ4n) is 3.38. The Balaban J connectivity index is 1.48. The van der Waals surface area contributed by atoms with E-state index in [2.05, 4.69) is 0 Å². The van der Waals surface area contributed by atoms with Gasteiger partial charge in [0.05, 0.1) is 10.6 Å². The van der Waals surface area contributed by atoms with E-state index in [1.807, 2.05) is 76.9 Å². The predicted octanol–water partition coefficient (Wildman–Crippen LogP) is 5.22. The lowest BCUT2D eigenvalue weighted by molar-refractivity contribution is -0.130. The minimum atomic E-state index is -0.0612.